The van der Waals surface area contributed by atoms with Gasteiger partial charge < -0.3 is 23.4 Å². The molecular weight excluding hydrogens is 460 g/mol. The molecule has 0 spiro atoms. The van der Waals surface area contributed by atoms with Gasteiger partial charge in [0.15, 0.2) is 11.9 Å². The first kappa shape index (κ1) is 27.3. The molecule has 190 valence electrons. The highest BCUT2D eigenvalue weighted by Gasteiger charge is 2.54. The van der Waals surface area contributed by atoms with Crippen LogP contribution in [0.15, 0.2) is 60.7 Å². The maximum atomic E-state index is 13.1. The lowest BCUT2D eigenvalue weighted by Crippen LogP contribution is -2.68. The fourth-order valence-electron chi connectivity index (χ4n) is 5.11. The summed E-state index contributed by atoms with van der Waals surface area (Å²) >= 11 is 0. The summed E-state index contributed by atoms with van der Waals surface area (Å²) in [5.41, 5.74) is -2.42. The van der Waals surface area contributed by atoms with Crippen LogP contribution in [0.4, 0.5) is 0 Å². The smallest absolute Gasteiger partial charge is 0.340 e. The molecule has 1 fully saturated rings. The van der Waals surface area contributed by atoms with E-state index in [1.54, 1.807) is 6.92 Å². The molecule has 1 aliphatic rings. The van der Waals surface area contributed by atoms with Crippen LogP contribution < -0.4 is 10.4 Å². The molecule has 1 aliphatic heterocycles. The number of aldehydes is 1. The Morgan fingerprint density at radius 3 is 2.06 bits per heavy atom. The maximum absolute atomic E-state index is 13.1. The van der Waals surface area contributed by atoms with E-state index in [2.05, 4.69) is 45.0 Å². The van der Waals surface area contributed by atoms with Crippen molar-refractivity contribution in [1.29, 1.82) is 0 Å². The largest absolute Gasteiger partial charge is 0.467 e. The molecule has 0 N–H and O–H groups in total. The number of hydrogen-bond acceptors (Lipinski definition) is 6. The van der Waals surface area contributed by atoms with Gasteiger partial charge in [-0.3, -0.25) is 0 Å². The highest BCUT2D eigenvalue weighted by molar-refractivity contribution is 6.99. The van der Waals surface area contributed by atoms with Crippen molar-refractivity contribution in [2.75, 3.05) is 20.3 Å². The number of rotatable bonds is 9. The number of carbonyl (C=O) groups excluding carboxylic acids is 2. The van der Waals surface area contributed by atoms with Crippen LogP contribution in [-0.4, -0.2) is 58.2 Å². The second kappa shape index (κ2) is 10.7. The summed E-state index contributed by atoms with van der Waals surface area (Å²) < 4.78 is 24.3. The minimum absolute atomic E-state index is 0.0336. The van der Waals surface area contributed by atoms with Crippen LogP contribution in [0.2, 0.25) is 5.04 Å². The molecule has 2 aromatic rings. The van der Waals surface area contributed by atoms with Crippen molar-refractivity contribution >= 4 is 30.9 Å². The van der Waals surface area contributed by atoms with Gasteiger partial charge in [0.25, 0.3) is 8.32 Å². The highest BCUT2D eigenvalue weighted by Crippen LogP contribution is 2.39. The Morgan fingerprint density at radius 2 is 1.60 bits per heavy atom. The minimum atomic E-state index is -2.92. The van der Waals surface area contributed by atoms with Crippen molar-refractivity contribution in [1.82, 2.24) is 0 Å². The fraction of sp³-hybridized carbons (Fsp3) is 0.500. The zero-order chi connectivity index (χ0) is 25.7. The minimum Gasteiger partial charge on any atom is -0.467 e. The van der Waals surface area contributed by atoms with Gasteiger partial charge in [0.2, 0.25) is 0 Å². The van der Waals surface area contributed by atoms with Gasteiger partial charge in [-0.2, -0.15) is 0 Å². The maximum Gasteiger partial charge on any atom is 0.340 e. The third kappa shape index (κ3) is 5.43. The molecular formula is C28H38O6Si. The van der Waals surface area contributed by atoms with Crippen LogP contribution in [0.25, 0.3) is 0 Å². The third-order valence-electron chi connectivity index (χ3n) is 6.90. The lowest BCUT2D eigenvalue weighted by Gasteiger charge is -2.47. The normalized spacial score (nSPS) is 22.7. The molecule has 35 heavy (non-hydrogen) atoms. The zero-order valence-electron chi connectivity index (χ0n) is 21.7. The zero-order valence-corrected chi connectivity index (χ0v) is 22.7. The van der Waals surface area contributed by atoms with Crippen LogP contribution in [-0.2, 0) is 28.2 Å². The Labute approximate surface area is 210 Å². The van der Waals surface area contributed by atoms with E-state index in [0.717, 1.165) is 23.1 Å². The second-order valence-electron chi connectivity index (χ2n) is 10.6. The molecule has 0 saturated carbocycles. The number of benzene rings is 2. The van der Waals surface area contributed by atoms with E-state index >= 15 is 0 Å². The number of carbonyl (C=O) groups is 2. The molecule has 1 saturated heterocycles. The fourth-order valence-corrected chi connectivity index (χ4v) is 9.76. The van der Waals surface area contributed by atoms with Crippen molar-refractivity contribution in [3.63, 3.8) is 0 Å². The summed E-state index contributed by atoms with van der Waals surface area (Å²) in [7, 11) is -1.58. The Balaban J connectivity index is 2.07. The first-order valence-electron chi connectivity index (χ1n) is 12.1. The van der Waals surface area contributed by atoms with Gasteiger partial charge in [0.1, 0.15) is 11.7 Å². The van der Waals surface area contributed by atoms with Gasteiger partial charge in [-0.25, -0.2) is 4.79 Å². The van der Waals surface area contributed by atoms with Crippen LogP contribution in [0.3, 0.4) is 0 Å². The molecule has 1 heterocycles. The molecule has 2 aromatic carbocycles. The Kier molecular flexibility index (Phi) is 8.37. The molecule has 0 unspecified atom stereocenters. The van der Waals surface area contributed by atoms with Crippen molar-refractivity contribution < 1.29 is 28.2 Å². The summed E-state index contributed by atoms with van der Waals surface area (Å²) in [5.74, 6) is -0.549. The molecule has 7 heteroatoms. The number of hydrogen-bond donors (Lipinski definition) is 0. The van der Waals surface area contributed by atoms with Crippen molar-refractivity contribution in [2.24, 2.45) is 0 Å². The summed E-state index contributed by atoms with van der Waals surface area (Å²) in [6, 6.07) is 20.4. The lowest BCUT2D eigenvalue weighted by molar-refractivity contribution is -0.229. The van der Waals surface area contributed by atoms with E-state index < -0.39 is 31.6 Å². The van der Waals surface area contributed by atoms with Gasteiger partial charge in [0.05, 0.1) is 13.7 Å². The summed E-state index contributed by atoms with van der Waals surface area (Å²) in [6.45, 7) is 10.5. The summed E-state index contributed by atoms with van der Waals surface area (Å²) in [5, 5.41) is 1.93. The molecule has 0 aromatic heterocycles. The first-order valence-corrected chi connectivity index (χ1v) is 14.0. The van der Waals surface area contributed by atoms with E-state index in [9.17, 15) is 9.59 Å². The first-order chi connectivity index (χ1) is 16.5. The third-order valence-corrected chi connectivity index (χ3v) is 11.9. The molecule has 0 aliphatic carbocycles. The number of methoxy groups -OCH3 is 1. The van der Waals surface area contributed by atoms with Gasteiger partial charge >= 0.3 is 5.97 Å². The molecule has 6 nitrogen and oxygen atoms in total. The van der Waals surface area contributed by atoms with Crippen LogP contribution in [0.5, 0.6) is 0 Å². The van der Waals surface area contributed by atoms with Crippen molar-refractivity contribution in [2.45, 2.75) is 69.8 Å². The van der Waals surface area contributed by atoms with Crippen molar-refractivity contribution in [3.05, 3.63) is 60.7 Å². The molecule has 3 atom stereocenters. The van der Waals surface area contributed by atoms with E-state index in [1.807, 2.05) is 43.3 Å². The standard InChI is InChI=1S/C28H38O6Si/c1-26(2,3)35(22-14-9-7-10-15-22,23-16-11-8-12-17-23)33-21-28(5,25(30)31-6)34-27(4)18-13-19-32-24(27)20-29/h7-12,14-17,20,24H,13,18-19,21H2,1-6H3/t24-,27+,28-/m1/s1. The molecule has 3 rings (SSSR count). The summed E-state index contributed by atoms with van der Waals surface area (Å²) in [4.78, 5) is 24.9. The average Bonchev–Trinajstić information content (AvgIpc) is 2.84. The van der Waals surface area contributed by atoms with Crippen LogP contribution >= 0.6 is 0 Å². The SMILES string of the molecule is COC(=O)[C@@](C)(CO[Si](c1ccccc1)(c1ccccc1)C(C)(C)C)O[C@@]1(C)CCCO[C@@H]1C=O. The monoisotopic (exact) mass is 498 g/mol. The van der Waals surface area contributed by atoms with E-state index in [4.69, 9.17) is 18.6 Å². The van der Waals surface area contributed by atoms with Gasteiger partial charge in [-0.1, -0.05) is 81.4 Å². The second-order valence-corrected chi connectivity index (χ2v) is 14.9. The lowest BCUT2D eigenvalue weighted by atomic mass is 9.90. The van der Waals surface area contributed by atoms with Crippen LogP contribution in [0, 0.1) is 0 Å². The molecule has 0 radical (unpaired) electrons. The Morgan fingerprint density at radius 1 is 1.06 bits per heavy atom. The van der Waals surface area contributed by atoms with E-state index in [1.165, 1.54) is 7.11 Å². The Hall–Kier alpha value is -2.32. The van der Waals surface area contributed by atoms with Crippen LogP contribution in [0.1, 0.15) is 47.5 Å². The number of ether oxygens (including phenoxy) is 3. The molecule has 0 bridgehead atoms. The van der Waals surface area contributed by atoms with Gasteiger partial charge in [0, 0.05) is 6.61 Å². The van der Waals surface area contributed by atoms with Gasteiger partial charge in [-0.15, -0.1) is 0 Å². The number of esters is 1. The van der Waals surface area contributed by atoms with Crippen molar-refractivity contribution in [3.8, 4) is 0 Å². The predicted molar refractivity (Wildman–Crippen MR) is 139 cm³/mol. The van der Waals surface area contributed by atoms with E-state index in [0.29, 0.717) is 13.0 Å². The summed E-state index contributed by atoms with van der Waals surface area (Å²) in [6.07, 6.45) is 1.29. The average molecular weight is 499 g/mol. The van der Waals surface area contributed by atoms with E-state index in [-0.39, 0.29) is 11.6 Å². The van der Waals surface area contributed by atoms with Gasteiger partial charge in [-0.05, 0) is 42.1 Å². The molecule has 0 amide bonds. The quantitative estimate of drug-likeness (QED) is 0.299. The predicted octanol–water partition coefficient (Wildman–Crippen LogP) is 3.65. The highest BCUT2D eigenvalue weighted by atomic mass is 28.4. The Bertz CT molecular complexity index is 950. The topological polar surface area (TPSA) is 71.1 Å².